The van der Waals surface area contributed by atoms with Crippen LogP contribution in [0.5, 0.6) is 0 Å². The van der Waals surface area contributed by atoms with Gasteiger partial charge in [0.2, 0.25) is 0 Å². The van der Waals surface area contributed by atoms with Gasteiger partial charge in [0, 0.05) is 0 Å². The van der Waals surface area contributed by atoms with Gasteiger partial charge < -0.3 is 9.15 Å². The van der Waals surface area contributed by atoms with Gasteiger partial charge >= 0.3 is 5.97 Å². The van der Waals surface area contributed by atoms with Crippen LogP contribution in [0.3, 0.4) is 0 Å². The van der Waals surface area contributed by atoms with E-state index >= 15 is 0 Å². The molecule has 1 unspecified atom stereocenters. The summed E-state index contributed by atoms with van der Waals surface area (Å²) >= 11 is 0. The van der Waals surface area contributed by atoms with E-state index in [1.807, 2.05) is 6.07 Å². The second-order valence-corrected chi connectivity index (χ2v) is 2.48. The number of rotatable bonds is 3. The molecule has 0 fully saturated rings. The van der Waals surface area contributed by atoms with Crippen LogP contribution < -0.4 is 0 Å². The number of esters is 1. The topological polar surface area (TPSA) is 63.2 Å². The van der Waals surface area contributed by atoms with Crippen LogP contribution in [0.25, 0.3) is 0 Å². The van der Waals surface area contributed by atoms with E-state index in [1.54, 1.807) is 12.1 Å². The molecular weight excluding hydrogens is 170 g/mol. The summed E-state index contributed by atoms with van der Waals surface area (Å²) in [6, 6.07) is 5.32. The van der Waals surface area contributed by atoms with Crippen molar-refractivity contribution in [1.82, 2.24) is 0 Å². The molecule has 0 aliphatic carbocycles. The van der Waals surface area contributed by atoms with E-state index in [-0.39, 0.29) is 6.42 Å². The van der Waals surface area contributed by atoms with Crippen molar-refractivity contribution in [3.8, 4) is 6.07 Å². The third-order valence-corrected chi connectivity index (χ3v) is 1.64. The molecule has 4 heteroatoms. The average molecular weight is 179 g/mol. The molecule has 1 rings (SSSR count). The van der Waals surface area contributed by atoms with E-state index in [4.69, 9.17) is 9.68 Å². The van der Waals surface area contributed by atoms with Crippen molar-refractivity contribution in [1.29, 1.82) is 5.26 Å². The van der Waals surface area contributed by atoms with Gasteiger partial charge in [-0.15, -0.1) is 0 Å². The first-order chi connectivity index (χ1) is 6.27. The van der Waals surface area contributed by atoms with Gasteiger partial charge in [-0.05, 0) is 12.1 Å². The maximum absolute atomic E-state index is 10.9. The Bertz CT molecular complexity index is 310. The molecule has 1 aromatic heterocycles. The zero-order valence-electron chi connectivity index (χ0n) is 7.19. The summed E-state index contributed by atoms with van der Waals surface area (Å²) < 4.78 is 9.45. The third-order valence-electron chi connectivity index (χ3n) is 1.64. The Kier molecular flexibility index (Phi) is 3.09. The summed E-state index contributed by atoms with van der Waals surface area (Å²) in [4.78, 5) is 10.9. The smallest absolute Gasteiger partial charge is 0.307 e. The molecule has 0 aliphatic rings. The lowest BCUT2D eigenvalue weighted by Crippen LogP contribution is -2.06. The molecule has 0 saturated carbocycles. The molecule has 0 spiro atoms. The van der Waals surface area contributed by atoms with Gasteiger partial charge in [0.15, 0.2) is 0 Å². The highest BCUT2D eigenvalue weighted by atomic mass is 16.5. The number of methoxy groups -OCH3 is 1. The second kappa shape index (κ2) is 4.31. The Balaban J connectivity index is 2.66. The van der Waals surface area contributed by atoms with Gasteiger partial charge in [-0.2, -0.15) is 5.26 Å². The van der Waals surface area contributed by atoms with Crippen molar-refractivity contribution in [2.45, 2.75) is 12.3 Å². The van der Waals surface area contributed by atoms with Crippen molar-refractivity contribution >= 4 is 5.97 Å². The largest absolute Gasteiger partial charge is 0.469 e. The number of carbonyl (C=O) groups is 1. The summed E-state index contributed by atoms with van der Waals surface area (Å²) in [5, 5.41) is 8.72. The first-order valence-electron chi connectivity index (χ1n) is 3.77. The van der Waals surface area contributed by atoms with Crippen LogP contribution in [-0.2, 0) is 9.53 Å². The highest BCUT2D eigenvalue weighted by Gasteiger charge is 2.17. The molecule has 0 radical (unpaired) electrons. The van der Waals surface area contributed by atoms with Crippen molar-refractivity contribution in [2.75, 3.05) is 7.11 Å². The minimum Gasteiger partial charge on any atom is -0.469 e. The minimum atomic E-state index is -0.553. The van der Waals surface area contributed by atoms with E-state index < -0.39 is 11.9 Å². The number of nitrogens with zero attached hydrogens (tertiary/aromatic N) is 1. The standard InChI is InChI=1S/C9H9NO3/c1-12-9(11)5-7(6-10)8-3-2-4-13-8/h2-4,7H,5H2,1H3. The molecule has 68 valence electrons. The molecule has 0 aliphatic heterocycles. The average Bonchev–Trinajstić information content (AvgIpc) is 2.66. The van der Waals surface area contributed by atoms with E-state index in [9.17, 15) is 4.79 Å². The Labute approximate surface area is 75.7 Å². The van der Waals surface area contributed by atoms with Gasteiger partial charge in [0.25, 0.3) is 0 Å². The predicted molar refractivity (Wildman–Crippen MR) is 43.7 cm³/mol. The van der Waals surface area contributed by atoms with E-state index in [1.165, 1.54) is 13.4 Å². The van der Waals surface area contributed by atoms with Crippen molar-refractivity contribution in [3.63, 3.8) is 0 Å². The lowest BCUT2D eigenvalue weighted by molar-refractivity contribution is -0.140. The van der Waals surface area contributed by atoms with E-state index in [0.717, 1.165) is 0 Å². The molecule has 0 N–H and O–H groups in total. The summed E-state index contributed by atoms with van der Waals surface area (Å²) in [5.41, 5.74) is 0. The predicted octanol–water partition coefficient (Wildman–Crippen LogP) is 1.45. The maximum Gasteiger partial charge on any atom is 0.307 e. The highest BCUT2D eigenvalue weighted by Crippen LogP contribution is 2.19. The maximum atomic E-state index is 10.9. The normalized spacial score (nSPS) is 11.7. The van der Waals surface area contributed by atoms with Crippen molar-refractivity contribution < 1.29 is 13.9 Å². The molecule has 13 heavy (non-hydrogen) atoms. The van der Waals surface area contributed by atoms with Crippen molar-refractivity contribution in [3.05, 3.63) is 24.2 Å². The molecule has 1 aromatic rings. The number of ether oxygens (including phenoxy) is 1. The zero-order valence-corrected chi connectivity index (χ0v) is 7.19. The van der Waals surface area contributed by atoms with Crippen LogP contribution in [0, 0.1) is 11.3 Å². The minimum absolute atomic E-state index is 0.0283. The van der Waals surface area contributed by atoms with Crippen LogP contribution >= 0.6 is 0 Å². The molecule has 4 nitrogen and oxygen atoms in total. The summed E-state index contributed by atoms with van der Waals surface area (Å²) in [7, 11) is 1.29. The van der Waals surface area contributed by atoms with Crippen LogP contribution in [0.2, 0.25) is 0 Å². The fourth-order valence-electron chi connectivity index (χ4n) is 0.949. The highest BCUT2D eigenvalue weighted by molar-refractivity contribution is 5.70. The Hall–Kier alpha value is -1.76. The summed E-state index contributed by atoms with van der Waals surface area (Å²) in [6.07, 6.45) is 1.50. The van der Waals surface area contributed by atoms with Gasteiger partial charge in [-0.3, -0.25) is 4.79 Å². The van der Waals surface area contributed by atoms with Crippen LogP contribution in [0.4, 0.5) is 0 Å². The fraction of sp³-hybridized carbons (Fsp3) is 0.333. The fourth-order valence-corrected chi connectivity index (χ4v) is 0.949. The Morgan fingerprint density at radius 3 is 3.08 bits per heavy atom. The number of carbonyl (C=O) groups excluding carboxylic acids is 1. The van der Waals surface area contributed by atoms with E-state index in [2.05, 4.69) is 4.74 Å². The zero-order chi connectivity index (χ0) is 9.68. The first-order valence-corrected chi connectivity index (χ1v) is 3.77. The van der Waals surface area contributed by atoms with E-state index in [0.29, 0.717) is 5.76 Å². The lowest BCUT2D eigenvalue weighted by atomic mass is 10.1. The number of furan rings is 1. The van der Waals surface area contributed by atoms with Crippen molar-refractivity contribution in [2.24, 2.45) is 0 Å². The molecule has 0 bridgehead atoms. The third kappa shape index (κ3) is 2.34. The molecule has 1 atom stereocenters. The SMILES string of the molecule is COC(=O)CC(C#N)c1ccco1. The molecular formula is C9H9NO3. The molecule has 0 amide bonds. The monoisotopic (exact) mass is 179 g/mol. The van der Waals surface area contributed by atoms with Gasteiger partial charge in [0.05, 0.1) is 25.9 Å². The first kappa shape index (κ1) is 9.33. The van der Waals surface area contributed by atoms with Crippen LogP contribution in [-0.4, -0.2) is 13.1 Å². The second-order valence-electron chi connectivity index (χ2n) is 2.48. The Morgan fingerprint density at radius 1 is 1.85 bits per heavy atom. The van der Waals surface area contributed by atoms with Gasteiger partial charge in [-0.25, -0.2) is 0 Å². The molecule has 0 aromatic carbocycles. The summed E-state index contributed by atoms with van der Waals surface area (Å²) in [5.74, 6) is -0.474. The lowest BCUT2D eigenvalue weighted by Gasteiger charge is -2.02. The summed E-state index contributed by atoms with van der Waals surface area (Å²) in [6.45, 7) is 0. The number of hydrogen-bond acceptors (Lipinski definition) is 4. The van der Waals surface area contributed by atoms with Gasteiger partial charge in [-0.1, -0.05) is 0 Å². The van der Waals surface area contributed by atoms with Crippen LogP contribution in [0.1, 0.15) is 18.1 Å². The van der Waals surface area contributed by atoms with Crippen LogP contribution in [0.15, 0.2) is 22.8 Å². The molecule has 1 heterocycles. The number of nitriles is 1. The molecule has 0 saturated heterocycles. The van der Waals surface area contributed by atoms with Gasteiger partial charge in [0.1, 0.15) is 11.7 Å². The Morgan fingerprint density at radius 2 is 2.62 bits per heavy atom. The number of hydrogen-bond donors (Lipinski definition) is 0. The quantitative estimate of drug-likeness (QED) is 0.659.